The van der Waals surface area contributed by atoms with Crippen LogP contribution in [0, 0.1) is 13.8 Å². The lowest BCUT2D eigenvalue weighted by molar-refractivity contribution is -0.137. The van der Waals surface area contributed by atoms with Gasteiger partial charge < -0.3 is 5.32 Å². The number of rotatable bonds is 3. The van der Waals surface area contributed by atoms with Gasteiger partial charge in [0.2, 0.25) is 0 Å². The molecule has 4 nitrogen and oxygen atoms in total. The van der Waals surface area contributed by atoms with Crippen LogP contribution >= 0.6 is 0 Å². The van der Waals surface area contributed by atoms with E-state index in [-0.39, 0.29) is 11.6 Å². The predicted molar refractivity (Wildman–Crippen MR) is 92.4 cm³/mol. The third kappa shape index (κ3) is 3.61. The van der Waals surface area contributed by atoms with E-state index in [0.717, 1.165) is 17.7 Å². The van der Waals surface area contributed by atoms with Crippen molar-refractivity contribution in [2.45, 2.75) is 20.0 Å². The molecule has 0 spiro atoms. The fourth-order valence-corrected chi connectivity index (χ4v) is 2.54. The minimum Gasteiger partial charge on any atom is -0.322 e. The summed E-state index contributed by atoms with van der Waals surface area (Å²) in [6.45, 7) is 3.58. The van der Waals surface area contributed by atoms with Crippen LogP contribution in [-0.4, -0.2) is 15.7 Å². The van der Waals surface area contributed by atoms with Gasteiger partial charge in [-0.1, -0.05) is 23.8 Å². The van der Waals surface area contributed by atoms with E-state index in [2.05, 4.69) is 10.4 Å². The van der Waals surface area contributed by atoms with E-state index in [1.165, 1.54) is 23.0 Å². The van der Waals surface area contributed by atoms with Crippen LogP contribution in [0.5, 0.6) is 0 Å². The number of anilines is 1. The number of aryl methyl sites for hydroxylation is 1. The standard InChI is InChI=1S/C19H16F3N3O/c1-12-6-8-15(9-7-12)24-18(26)17-11-23-25(13(17)2)16-5-3-4-14(10-16)19(20,21)22/h3-11H,1-2H3,(H,24,26). The third-order valence-corrected chi connectivity index (χ3v) is 3.98. The first-order valence-corrected chi connectivity index (χ1v) is 7.86. The Morgan fingerprint density at radius 3 is 2.42 bits per heavy atom. The molecular weight excluding hydrogens is 343 g/mol. The van der Waals surface area contributed by atoms with Gasteiger partial charge in [-0.2, -0.15) is 18.3 Å². The van der Waals surface area contributed by atoms with Crippen molar-refractivity contribution in [2.75, 3.05) is 5.32 Å². The van der Waals surface area contributed by atoms with Crippen LogP contribution in [0.4, 0.5) is 18.9 Å². The lowest BCUT2D eigenvalue weighted by atomic mass is 10.2. The highest BCUT2D eigenvalue weighted by Gasteiger charge is 2.30. The molecule has 1 aromatic heterocycles. The van der Waals surface area contributed by atoms with Crippen LogP contribution in [0.15, 0.2) is 54.7 Å². The first-order valence-electron chi connectivity index (χ1n) is 7.86. The molecule has 26 heavy (non-hydrogen) atoms. The zero-order valence-corrected chi connectivity index (χ0v) is 14.1. The van der Waals surface area contributed by atoms with Gasteiger partial charge in [0.25, 0.3) is 5.91 Å². The summed E-state index contributed by atoms with van der Waals surface area (Å²) in [6, 6.07) is 12.1. The molecule has 0 saturated heterocycles. The highest BCUT2D eigenvalue weighted by atomic mass is 19.4. The second-order valence-electron chi connectivity index (χ2n) is 5.92. The molecule has 1 N–H and O–H groups in total. The molecule has 7 heteroatoms. The van der Waals surface area contributed by atoms with Gasteiger partial charge in [-0.3, -0.25) is 4.79 Å². The fraction of sp³-hybridized carbons (Fsp3) is 0.158. The molecular formula is C19H16F3N3O. The molecule has 134 valence electrons. The van der Waals surface area contributed by atoms with Crippen molar-refractivity contribution in [3.63, 3.8) is 0 Å². The second-order valence-corrected chi connectivity index (χ2v) is 5.92. The molecule has 0 unspecified atom stereocenters. The van der Waals surface area contributed by atoms with Crippen LogP contribution in [0.1, 0.15) is 27.2 Å². The molecule has 0 bridgehead atoms. The average Bonchev–Trinajstić information content (AvgIpc) is 2.98. The number of benzene rings is 2. The number of carbonyl (C=O) groups excluding carboxylic acids is 1. The maximum Gasteiger partial charge on any atom is 0.416 e. The van der Waals surface area contributed by atoms with Gasteiger partial charge in [-0.25, -0.2) is 4.68 Å². The van der Waals surface area contributed by atoms with Crippen molar-refractivity contribution >= 4 is 11.6 Å². The first kappa shape index (κ1) is 17.7. The highest BCUT2D eigenvalue weighted by Crippen LogP contribution is 2.30. The van der Waals surface area contributed by atoms with E-state index in [9.17, 15) is 18.0 Å². The molecule has 1 heterocycles. The highest BCUT2D eigenvalue weighted by molar-refractivity contribution is 6.04. The number of amides is 1. The van der Waals surface area contributed by atoms with Crippen molar-refractivity contribution in [2.24, 2.45) is 0 Å². The number of carbonyl (C=O) groups is 1. The normalized spacial score (nSPS) is 11.4. The maximum atomic E-state index is 12.9. The quantitative estimate of drug-likeness (QED) is 0.733. The topological polar surface area (TPSA) is 46.9 Å². The summed E-state index contributed by atoms with van der Waals surface area (Å²) >= 11 is 0. The van der Waals surface area contributed by atoms with E-state index in [0.29, 0.717) is 16.9 Å². The molecule has 0 aliphatic rings. The summed E-state index contributed by atoms with van der Waals surface area (Å²) in [7, 11) is 0. The SMILES string of the molecule is Cc1ccc(NC(=O)c2cnn(-c3cccc(C(F)(F)F)c3)c2C)cc1. The number of halogens is 3. The van der Waals surface area contributed by atoms with Gasteiger partial charge in [0.05, 0.1) is 28.7 Å². The Morgan fingerprint density at radius 1 is 1.08 bits per heavy atom. The van der Waals surface area contributed by atoms with E-state index in [4.69, 9.17) is 0 Å². The monoisotopic (exact) mass is 359 g/mol. The van der Waals surface area contributed by atoms with Gasteiger partial charge in [-0.05, 0) is 44.2 Å². The number of hydrogen-bond donors (Lipinski definition) is 1. The molecule has 3 rings (SSSR count). The molecule has 0 fully saturated rings. The Kier molecular flexibility index (Phi) is 4.54. The maximum absolute atomic E-state index is 12.9. The molecule has 2 aromatic carbocycles. The summed E-state index contributed by atoms with van der Waals surface area (Å²) in [5.41, 5.74) is 1.92. The Labute approximate surface area is 148 Å². The summed E-state index contributed by atoms with van der Waals surface area (Å²) in [5.74, 6) is -0.371. The smallest absolute Gasteiger partial charge is 0.322 e. The third-order valence-electron chi connectivity index (χ3n) is 3.98. The Balaban J connectivity index is 1.88. The van der Waals surface area contributed by atoms with Crippen LogP contribution in [0.3, 0.4) is 0 Å². The molecule has 0 aliphatic carbocycles. The molecule has 0 saturated carbocycles. The molecule has 3 aromatic rings. The predicted octanol–water partition coefficient (Wildman–Crippen LogP) is 4.76. The molecule has 0 atom stereocenters. The van der Waals surface area contributed by atoms with Crippen LogP contribution in [-0.2, 0) is 6.18 Å². The molecule has 0 radical (unpaired) electrons. The van der Waals surface area contributed by atoms with Crippen molar-refractivity contribution in [1.82, 2.24) is 9.78 Å². The Morgan fingerprint density at radius 2 is 1.77 bits per heavy atom. The van der Waals surface area contributed by atoms with Gasteiger partial charge in [-0.15, -0.1) is 0 Å². The number of alkyl halides is 3. The van der Waals surface area contributed by atoms with Gasteiger partial charge >= 0.3 is 6.18 Å². The lowest BCUT2D eigenvalue weighted by Crippen LogP contribution is -2.13. The first-order chi connectivity index (χ1) is 12.3. The molecule has 1 amide bonds. The minimum absolute atomic E-state index is 0.242. The zero-order valence-electron chi connectivity index (χ0n) is 14.1. The summed E-state index contributed by atoms with van der Waals surface area (Å²) in [6.07, 6.45) is -3.10. The summed E-state index contributed by atoms with van der Waals surface area (Å²) < 4.78 is 40.0. The van der Waals surface area contributed by atoms with E-state index < -0.39 is 11.7 Å². The van der Waals surface area contributed by atoms with Crippen molar-refractivity contribution in [3.05, 3.63) is 77.1 Å². The number of nitrogens with one attached hydrogen (secondary N) is 1. The largest absolute Gasteiger partial charge is 0.416 e. The fourth-order valence-electron chi connectivity index (χ4n) is 2.54. The van der Waals surface area contributed by atoms with Crippen LogP contribution in [0.25, 0.3) is 5.69 Å². The second kappa shape index (κ2) is 6.67. The molecule has 0 aliphatic heterocycles. The zero-order chi connectivity index (χ0) is 18.9. The average molecular weight is 359 g/mol. The van der Waals surface area contributed by atoms with Crippen LogP contribution in [0.2, 0.25) is 0 Å². The van der Waals surface area contributed by atoms with Crippen LogP contribution < -0.4 is 5.32 Å². The Bertz CT molecular complexity index is 943. The number of hydrogen-bond acceptors (Lipinski definition) is 2. The number of nitrogens with zero attached hydrogens (tertiary/aromatic N) is 2. The Hall–Kier alpha value is -3.09. The van der Waals surface area contributed by atoms with Gasteiger partial charge in [0.15, 0.2) is 0 Å². The van der Waals surface area contributed by atoms with E-state index >= 15 is 0 Å². The van der Waals surface area contributed by atoms with Crippen molar-refractivity contribution in [1.29, 1.82) is 0 Å². The summed E-state index contributed by atoms with van der Waals surface area (Å²) in [5, 5.41) is 6.83. The van der Waals surface area contributed by atoms with E-state index in [1.807, 2.05) is 19.1 Å². The summed E-state index contributed by atoms with van der Waals surface area (Å²) in [4.78, 5) is 12.4. The van der Waals surface area contributed by atoms with Crippen molar-refractivity contribution in [3.8, 4) is 5.69 Å². The van der Waals surface area contributed by atoms with Gasteiger partial charge in [0.1, 0.15) is 0 Å². The number of aromatic nitrogens is 2. The van der Waals surface area contributed by atoms with Crippen molar-refractivity contribution < 1.29 is 18.0 Å². The minimum atomic E-state index is -4.44. The van der Waals surface area contributed by atoms with E-state index in [1.54, 1.807) is 19.1 Å². The lowest BCUT2D eigenvalue weighted by Gasteiger charge is -2.10. The van der Waals surface area contributed by atoms with Gasteiger partial charge in [0, 0.05) is 5.69 Å².